The number of carbonyl (C=O) groups is 1. The van der Waals surface area contributed by atoms with Gasteiger partial charge in [-0.25, -0.2) is 8.42 Å². The van der Waals surface area contributed by atoms with Crippen LogP contribution >= 0.6 is 0 Å². The topological polar surface area (TPSA) is 70.8 Å². The number of amides is 1. The molecule has 0 bridgehead atoms. The molecule has 0 fully saturated rings. The van der Waals surface area contributed by atoms with Crippen LogP contribution in [-0.4, -0.2) is 31.2 Å². The lowest BCUT2D eigenvalue weighted by Crippen LogP contribution is -2.45. The van der Waals surface area contributed by atoms with Crippen LogP contribution in [0.5, 0.6) is 0 Å². The molecule has 0 atom stereocenters. The van der Waals surface area contributed by atoms with Gasteiger partial charge >= 0.3 is 0 Å². The molecular weight excluding hydrogens is 412 g/mol. The maximum atomic E-state index is 13.2. The molecule has 2 aromatic carbocycles. The van der Waals surface area contributed by atoms with Crippen molar-refractivity contribution in [1.29, 1.82) is 0 Å². The molecule has 1 aromatic heterocycles. The zero-order chi connectivity index (χ0) is 22.3. The number of nitrogens with zero attached hydrogens (tertiary/aromatic N) is 2. The number of sulfonamides is 1. The van der Waals surface area contributed by atoms with Crippen LogP contribution in [0.15, 0.2) is 88.9 Å². The van der Waals surface area contributed by atoms with Crippen LogP contribution in [0.3, 0.4) is 0 Å². The SMILES string of the molecule is CC(C)N(C(=O)CN(Cc1ccco1)S(=O)(=O)/C=C/c1ccccc1)c1ccccc1. The van der Waals surface area contributed by atoms with E-state index in [0.717, 1.165) is 21.0 Å². The third kappa shape index (κ3) is 6.16. The largest absolute Gasteiger partial charge is 0.468 e. The first-order valence-electron chi connectivity index (χ1n) is 9.99. The third-order valence-corrected chi connectivity index (χ3v) is 6.09. The maximum absolute atomic E-state index is 13.2. The minimum atomic E-state index is -3.89. The summed E-state index contributed by atoms with van der Waals surface area (Å²) in [5.74, 6) is 0.143. The molecule has 7 heteroatoms. The first-order chi connectivity index (χ1) is 14.9. The molecular formula is C24H26N2O4S. The molecule has 31 heavy (non-hydrogen) atoms. The summed E-state index contributed by atoms with van der Waals surface area (Å²) in [6.07, 6.45) is 3.00. The zero-order valence-corrected chi connectivity index (χ0v) is 18.4. The Morgan fingerprint density at radius 1 is 0.968 bits per heavy atom. The van der Waals surface area contributed by atoms with Gasteiger partial charge in [0.2, 0.25) is 15.9 Å². The molecule has 3 rings (SSSR count). The van der Waals surface area contributed by atoms with Crippen molar-refractivity contribution in [3.8, 4) is 0 Å². The first kappa shape index (κ1) is 22.5. The quantitative estimate of drug-likeness (QED) is 0.492. The lowest BCUT2D eigenvalue weighted by atomic mass is 10.2. The molecule has 0 aliphatic heterocycles. The highest BCUT2D eigenvalue weighted by atomic mass is 32.2. The Morgan fingerprint density at radius 2 is 1.61 bits per heavy atom. The Hall–Kier alpha value is -3.16. The highest BCUT2D eigenvalue weighted by Crippen LogP contribution is 2.19. The lowest BCUT2D eigenvalue weighted by molar-refractivity contribution is -0.119. The molecule has 0 radical (unpaired) electrons. The Morgan fingerprint density at radius 3 is 2.19 bits per heavy atom. The normalized spacial score (nSPS) is 12.0. The van der Waals surface area contributed by atoms with Gasteiger partial charge in [-0.05, 0) is 49.8 Å². The highest BCUT2D eigenvalue weighted by Gasteiger charge is 2.28. The van der Waals surface area contributed by atoms with Gasteiger partial charge in [0.25, 0.3) is 0 Å². The maximum Gasteiger partial charge on any atom is 0.242 e. The zero-order valence-electron chi connectivity index (χ0n) is 17.6. The third-order valence-electron chi connectivity index (χ3n) is 4.64. The van der Waals surface area contributed by atoms with Crippen molar-refractivity contribution >= 4 is 27.7 Å². The molecule has 3 aromatic rings. The number of rotatable bonds is 9. The number of furan rings is 1. The van der Waals surface area contributed by atoms with Gasteiger partial charge in [-0.15, -0.1) is 0 Å². The van der Waals surface area contributed by atoms with E-state index >= 15 is 0 Å². The molecule has 0 N–H and O–H groups in total. The predicted molar refractivity (Wildman–Crippen MR) is 123 cm³/mol. The molecule has 0 saturated carbocycles. The van der Waals surface area contributed by atoms with Crippen molar-refractivity contribution in [1.82, 2.24) is 4.31 Å². The fourth-order valence-electron chi connectivity index (χ4n) is 3.17. The van der Waals surface area contributed by atoms with Crippen LogP contribution in [0.1, 0.15) is 25.2 Å². The summed E-state index contributed by atoms with van der Waals surface area (Å²) in [7, 11) is -3.89. The Balaban J connectivity index is 1.87. The molecule has 0 spiro atoms. The van der Waals surface area contributed by atoms with Gasteiger partial charge in [-0.3, -0.25) is 4.79 Å². The molecule has 162 valence electrons. The fourth-order valence-corrected chi connectivity index (χ4v) is 4.27. The average Bonchev–Trinajstić information content (AvgIpc) is 3.26. The summed E-state index contributed by atoms with van der Waals surface area (Å²) in [5.41, 5.74) is 1.47. The summed E-state index contributed by atoms with van der Waals surface area (Å²) in [4.78, 5) is 14.8. The van der Waals surface area contributed by atoms with E-state index < -0.39 is 10.0 Å². The highest BCUT2D eigenvalue weighted by molar-refractivity contribution is 7.92. The van der Waals surface area contributed by atoms with Gasteiger partial charge in [0.05, 0.1) is 19.4 Å². The van der Waals surface area contributed by atoms with Crippen molar-refractivity contribution in [3.05, 3.63) is 95.8 Å². The second-order valence-electron chi connectivity index (χ2n) is 7.30. The Labute approximate surface area is 183 Å². The van der Waals surface area contributed by atoms with Crippen molar-refractivity contribution in [2.24, 2.45) is 0 Å². The minimum Gasteiger partial charge on any atom is -0.468 e. The van der Waals surface area contributed by atoms with Crippen molar-refractivity contribution in [2.45, 2.75) is 26.4 Å². The van der Waals surface area contributed by atoms with E-state index in [9.17, 15) is 13.2 Å². The molecule has 1 heterocycles. The number of hydrogen-bond acceptors (Lipinski definition) is 4. The van der Waals surface area contributed by atoms with Gasteiger partial charge in [-0.1, -0.05) is 48.5 Å². The predicted octanol–water partition coefficient (Wildman–Crippen LogP) is 4.52. The van der Waals surface area contributed by atoms with E-state index in [1.165, 1.54) is 12.3 Å². The van der Waals surface area contributed by atoms with Crippen LogP contribution in [0.2, 0.25) is 0 Å². The smallest absolute Gasteiger partial charge is 0.242 e. The molecule has 6 nitrogen and oxygen atoms in total. The summed E-state index contributed by atoms with van der Waals surface area (Å²) >= 11 is 0. The van der Waals surface area contributed by atoms with E-state index in [4.69, 9.17) is 4.42 Å². The molecule has 0 saturated heterocycles. The number of hydrogen-bond donors (Lipinski definition) is 0. The Bertz CT molecular complexity index is 1090. The van der Waals surface area contributed by atoms with Gasteiger partial charge in [-0.2, -0.15) is 4.31 Å². The van der Waals surface area contributed by atoms with E-state index in [0.29, 0.717) is 5.76 Å². The monoisotopic (exact) mass is 438 g/mol. The van der Waals surface area contributed by atoms with Crippen LogP contribution < -0.4 is 4.90 Å². The number of para-hydroxylation sites is 1. The number of anilines is 1. The number of carbonyl (C=O) groups excluding carboxylic acids is 1. The van der Waals surface area contributed by atoms with Gasteiger partial charge in [0.15, 0.2) is 0 Å². The minimum absolute atomic E-state index is 0.0407. The van der Waals surface area contributed by atoms with E-state index in [1.807, 2.05) is 74.5 Å². The summed E-state index contributed by atoms with van der Waals surface area (Å²) in [5, 5.41) is 1.13. The van der Waals surface area contributed by atoms with Gasteiger partial charge in [0, 0.05) is 17.1 Å². The van der Waals surface area contributed by atoms with Crippen LogP contribution in [0, 0.1) is 0 Å². The van der Waals surface area contributed by atoms with E-state index in [2.05, 4.69) is 0 Å². The summed E-state index contributed by atoms with van der Waals surface area (Å²) in [6, 6.07) is 21.6. The number of benzene rings is 2. The molecule has 1 amide bonds. The van der Waals surface area contributed by atoms with Gasteiger partial charge in [0.1, 0.15) is 5.76 Å². The standard InChI is InChI=1S/C24H26N2O4S/c1-20(2)26(22-12-7-4-8-13-22)24(27)19-25(18-23-14-9-16-30-23)31(28,29)17-15-21-10-5-3-6-11-21/h3-17,20H,18-19H2,1-2H3/b17-15+. The Kier molecular flexibility index (Phi) is 7.44. The van der Waals surface area contributed by atoms with Crippen LogP contribution in [0.4, 0.5) is 5.69 Å². The molecule has 0 aliphatic carbocycles. The van der Waals surface area contributed by atoms with Crippen LogP contribution in [0.25, 0.3) is 6.08 Å². The van der Waals surface area contributed by atoms with Gasteiger partial charge < -0.3 is 9.32 Å². The van der Waals surface area contributed by atoms with Crippen molar-refractivity contribution in [2.75, 3.05) is 11.4 Å². The summed E-state index contributed by atoms with van der Waals surface area (Å²) < 4.78 is 32.7. The van der Waals surface area contributed by atoms with E-state index in [-0.39, 0.29) is 25.0 Å². The van der Waals surface area contributed by atoms with Crippen molar-refractivity contribution in [3.63, 3.8) is 0 Å². The second kappa shape index (κ2) is 10.2. The second-order valence-corrected chi connectivity index (χ2v) is 9.12. The summed E-state index contributed by atoms with van der Waals surface area (Å²) in [6.45, 7) is 3.44. The molecule has 0 unspecified atom stereocenters. The van der Waals surface area contributed by atoms with E-state index in [1.54, 1.807) is 17.0 Å². The van der Waals surface area contributed by atoms with Crippen molar-refractivity contribution < 1.29 is 17.6 Å². The fraction of sp³-hybridized carbons (Fsp3) is 0.208. The van der Waals surface area contributed by atoms with Crippen LogP contribution in [-0.2, 0) is 21.4 Å². The average molecular weight is 439 g/mol. The first-order valence-corrected chi connectivity index (χ1v) is 11.5. The lowest BCUT2D eigenvalue weighted by Gasteiger charge is -2.29. The molecule has 0 aliphatic rings.